The second-order valence-electron chi connectivity index (χ2n) is 4.47. The van der Waals surface area contributed by atoms with Gasteiger partial charge in [0.05, 0.1) is 15.8 Å². The number of thiazole rings is 1. The minimum absolute atomic E-state index is 0.0788. The van der Waals surface area contributed by atoms with Gasteiger partial charge in [0.15, 0.2) is 10.7 Å². The van der Waals surface area contributed by atoms with Crippen molar-refractivity contribution in [2.24, 2.45) is 5.16 Å². The number of hydrogen-bond acceptors (Lipinski definition) is 7. The van der Waals surface area contributed by atoms with Gasteiger partial charge in [0, 0.05) is 6.07 Å². The quantitative estimate of drug-likeness (QED) is 0.298. The average molecular weight is 314 g/mol. The highest BCUT2D eigenvalue weighted by Crippen LogP contribution is 2.27. The van der Waals surface area contributed by atoms with Crippen molar-refractivity contribution in [2.45, 2.75) is 0 Å². The van der Waals surface area contributed by atoms with Gasteiger partial charge in [0.25, 0.3) is 0 Å². The number of hydrogen-bond donors (Lipinski definition) is 3. The number of phenols is 2. The summed E-state index contributed by atoms with van der Waals surface area (Å²) in [4.78, 5) is 16.7. The second-order valence-corrected chi connectivity index (χ2v) is 5.50. The van der Waals surface area contributed by atoms with Crippen molar-refractivity contribution in [3.05, 3.63) is 53.0 Å². The number of rotatable bonds is 3. The molecule has 0 atom stereocenters. The molecule has 6 nitrogen and oxygen atoms in total. The summed E-state index contributed by atoms with van der Waals surface area (Å²) >= 11 is 1.21. The van der Waals surface area contributed by atoms with Crippen LogP contribution in [0.4, 0.5) is 0 Å². The number of nitrogens with zero attached hydrogens (tertiary/aromatic N) is 2. The largest absolute Gasteiger partial charge is 0.508 e. The van der Waals surface area contributed by atoms with Gasteiger partial charge < -0.3 is 15.4 Å². The Kier molecular flexibility index (Phi) is 3.48. The highest BCUT2D eigenvalue weighted by atomic mass is 32.1. The molecule has 0 spiro atoms. The zero-order valence-corrected chi connectivity index (χ0v) is 11.9. The van der Waals surface area contributed by atoms with Crippen LogP contribution in [0.2, 0.25) is 0 Å². The molecule has 0 unspecified atom stereocenters. The zero-order chi connectivity index (χ0) is 15.7. The third-order valence-corrected chi connectivity index (χ3v) is 4.08. The fourth-order valence-electron chi connectivity index (χ4n) is 2.00. The first kappa shape index (κ1) is 14.0. The molecule has 3 N–H and O–H groups in total. The molecule has 22 heavy (non-hydrogen) atoms. The first-order valence-corrected chi connectivity index (χ1v) is 7.06. The Morgan fingerprint density at radius 3 is 2.59 bits per heavy atom. The van der Waals surface area contributed by atoms with E-state index in [0.29, 0.717) is 5.52 Å². The molecule has 3 rings (SSSR count). The SMILES string of the molecule is O=C(C(=NO)c1nc2ccccc2s1)c1ccc(O)cc1O. The first-order chi connectivity index (χ1) is 10.6. The lowest BCUT2D eigenvalue weighted by Crippen LogP contribution is -2.16. The van der Waals surface area contributed by atoms with E-state index in [1.165, 1.54) is 23.5 Å². The maximum atomic E-state index is 12.4. The van der Waals surface area contributed by atoms with Crippen molar-refractivity contribution in [3.8, 4) is 11.5 Å². The van der Waals surface area contributed by atoms with Crippen LogP contribution >= 0.6 is 11.3 Å². The number of phenolic OH excluding ortho intramolecular Hbond substituents is 2. The number of oxime groups is 1. The number of aromatic nitrogens is 1. The number of carbonyl (C=O) groups is 1. The van der Waals surface area contributed by atoms with E-state index < -0.39 is 11.5 Å². The highest BCUT2D eigenvalue weighted by molar-refractivity contribution is 7.21. The van der Waals surface area contributed by atoms with Crippen molar-refractivity contribution in [2.75, 3.05) is 0 Å². The molecule has 1 heterocycles. The summed E-state index contributed by atoms with van der Waals surface area (Å²) in [6.07, 6.45) is 0. The zero-order valence-electron chi connectivity index (χ0n) is 11.1. The van der Waals surface area contributed by atoms with E-state index in [1.807, 2.05) is 18.2 Å². The van der Waals surface area contributed by atoms with E-state index in [1.54, 1.807) is 6.07 Å². The molecule has 0 bridgehead atoms. The third kappa shape index (κ3) is 2.38. The minimum Gasteiger partial charge on any atom is -0.508 e. The van der Waals surface area contributed by atoms with Crippen molar-refractivity contribution < 1.29 is 20.2 Å². The summed E-state index contributed by atoms with van der Waals surface area (Å²) in [5.74, 6) is -1.25. The molecule has 110 valence electrons. The molecular weight excluding hydrogens is 304 g/mol. The number of para-hydroxylation sites is 1. The van der Waals surface area contributed by atoms with E-state index in [9.17, 15) is 20.2 Å². The summed E-state index contributed by atoms with van der Waals surface area (Å²) in [6, 6.07) is 10.8. The van der Waals surface area contributed by atoms with Gasteiger partial charge in [-0.3, -0.25) is 4.79 Å². The molecule has 0 amide bonds. The first-order valence-electron chi connectivity index (χ1n) is 6.25. The summed E-state index contributed by atoms with van der Waals surface area (Å²) in [5, 5.41) is 31.5. The predicted molar refractivity (Wildman–Crippen MR) is 82.0 cm³/mol. The molecule has 0 aliphatic heterocycles. The smallest absolute Gasteiger partial charge is 0.221 e. The molecule has 0 aliphatic rings. The topological polar surface area (TPSA) is 103 Å². The fraction of sp³-hybridized carbons (Fsp3) is 0. The molecule has 0 aliphatic carbocycles. The molecule has 7 heteroatoms. The number of carbonyl (C=O) groups excluding carboxylic acids is 1. The predicted octanol–water partition coefficient (Wildman–Crippen LogP) is 2.77. The Balaban J connectivity index is 2.05. The van der Waals surface area contributed by atoms with E-state index in [4.69, 9.17) is 0 Å². The number of Topliss-reactive ketones (excluding diaryl/α,β-unsaturated/α-hetero) is 1. The Labute approximate surface area is 128 Å². The molecule has 1 aromatic heterocycles. The van der Waals surface area contributed by atoms with Crippen LogP contribution < -0.4 is 0 Å². The summed E-state index contributed by atoms with van der Waals surface area (Å²) in [7, 11) is 0. The summed E-state index contributed by atoms with van der Waals surface area (Å²) in [6.45, 7) is 0. The van der Waals surface area contributed by atoms with Crippen LogP contribution in [0.15, 0.2) is 47.6 Å². The number of fused-ring (bicyclic) bond motifs is 1. The van der Waals surface area contributed by atoms with E-state index in [2.05, 4.69) is 10.1 Å². The van der Waals surface area contributed by atoms with Gasteiger partial charge >= 0.3 is 0 Å². The Hall–Kier alpha value is -2.93. The van der Waals surface area contributed by atoms with Crippen LogP contribution in [0, 0.1) is 0 Å². The van der Waals surface area contributed by atoms with Gasteiger partial charge in [-0.2, -0.15) is 0 Å². The molecule has 0 saturated carbocycles. The summed E-state index contributed by atoms with van der Waals surface area (Å²) in [5.41, 5.74) is 0.346. The number of benzene rings is 2. The van der Waals surface area contributed by atoms with Crippen LogP contribution in [-0.2, 0) is 0 Å². The fourth-order valence-corrected chi connectivity index (χ4v) is 2.95. The standard InChI is InChI=1S/C15H10N2O4S/c18-8-5-6-9(11(19)7-8)14(20)13(17-21)15-16-10-3-1-2-4-12(10)22-15/h1-7,18-19,21H. The van der Waals surface area contributed by atoms with Crippen LogP contribution in [0.3, 0.4) is 0 Å². The Bertz CT molecular complexity index is 868. The maximum Gasteiger partial charge on any atom is 0.221 e. The van der Waals surface area contributed by atoms with Crippen LogP contribution in [0.25, 0.3) is 10.2 Å². The van der Waals surface area contributed by atoms with Crippen molar-refractivity contribution in [1.29, 1.82) is 0 Å². The van der Waals surface area contributed by atoms with Crippen LogP contribution in [-0.4, -0.2) is 31.9 Å². The van der Waals surface area contributed by atoms with Crippen molar-refractivity contribution in [1.82, 2.24) is 4.98 Å². The lowest BCUT2D eigenvalue weighted by molar-refractivity contribution is 0.106. The molecule has 2 aromatic carbocycles. The normalized spacial score (nSPS) is 11.7. The van der Waals surface area contributed by atoms with E-state index in [0.717, 1.165) is 10.8 Å². The molecule has 0 saturated heterocycles. The van der Waals surface area contributed by atoms with Gasteiger partial charge in [-0.1, -0.05) is 17.3 Å². The average Bonchev–Trinajstić information content (AvgIpc) is 2.91. The molecule has 0 fully saturated rings. The van der Waals surface area contributed by atoms with Gasteiger partial charge in [0.1, 0.15) is 11.5 Å². The lowest BCUT2D eigenvalue weighted by atomic mass is 10.1. The van der Waals surface area contributed by atoms with Gasteiger partial charge in [-0.05, 0) is 24.3 Å². The molecule has 3 aromatic rings. The minimum atomic E-state index is -0.681. The van der Waals surface area contributed by atoms with Gasteiger partial charge in [-0.15, -0.1) is 11.3 Å². The van der Waals surface area contributed by atoms with E-state index in [-0.39, 0.29) is 22.0 Å². The molecular formula is C15H10N2O4S. The van der Waals surface area contributed by atoms with Gasteiger partial charge in [-0.25, -0.2) is 4.98 Å². The summed E-state index contributed by atoms with van der Waals surface area (Å²) < 4.78 is 0.848. The van der Waals surface area contributed by atoms with Crippen LogP contribution in [0.5, 0.6) is 11.5 Å². The van der Waals surface area contributed by atoms with Crippen molar-refractivity contribution >= 4 is 33.0 Å². The highest BCUT2D eigenvalue weighted by Gasteiger charge is 2.23. The number of aromatic hydroxyl groups is 2. The van der Waals surface area contributed by atoms with Crippen LogP contribution in [0.1, 0.15) is 15.4 Å². The Morgan fingerprint density at radius 1 is 1.14 bits per heavy atom. The Morgan fingerprint density at radius 2 is 1.91 bits per heavy atom. The van der Waals surface area contributed by atoms with E-state index >= 15 is 0 Å². The lowest BCUT2D eigenvalue weighted by Gasteiger charge is -2.04. The van der Waals surface area contributed by atoms with Gasteiger partial charge in [0.2, 0.25) is 5.78 Å². The monoisotopic (exact) mass is 314 g/mol. The maximum absolute atomic E-state index is 12.4. The number of ketones is 1. The second kappa shape index (κ2) is 5.45. The third-order valence-electron chi connectivity index (χ3n) is 3.04. The molecule has 0 radical (unpaired) electrons. The van der Waals surface area contributed by atoms with Crippen molar-refractivity contribution in [3.63, 3.8) is 0 Å².